The number of H-pyrrole nitrogens is 1. The predicted molar refractivity (Wildman–Crippen MR) is 170 cm³/mol. The van der Waals surface area contributed by atoms with Crippen molar-refractivity contribution in [1.29, 1.82) is 0 Å². The molecule has 5 nitrogen and oxygen atoms in total. The van der Waals surface area contributed by atoms with Crippen molar-refractivity contribution in [2.45, 2.75) is 63.4 Å². The lowest BCUT2D eigenvalue weighted by Crippen LogP contribution is -2.36. The number of rotatable bonds is 16. The molecule has 0 fully saturated rings. The van der Waals surface area contributed by atoms with Crippen LogP contribution in [0.4, 0.5) is 10.5 Å². The average Bonchev–Trinajstić information content (AvgIpc) is 3.43. The van der Waals surface area contributed by atoms with E-state index < -0.39 is 0 Å². The zero-order valence-corrected chi connectivity index (χ0v) is 24.5. The third-order valence-electron chi connectivity index (χ3n) is 6.95. The molecule has 210 valence electrons. The summed E-state index contributed by atoms with van der Waals surface area (Å²) in [5, 5.41) is 4.03. The molecule has 4 aromatic rings. The topological polar surface area (TPSA) is 61.0 Å². The van der Waals surface area contributed by atoms with Gasteiger partial charge in [0.05, 0.1) is 11.4 Å². The van der Waals surface area contributed by atoms with Gasteiger partial charge in [0.25, 0.3) is 0 Å². The smallest absolute Gasteiger partial charge is 0.321 e. The van der Waals surface area contributed by atoms with Crippen LogP contribution in [0.2, 0.25) is 0 Å². The number of amides is 2. The number of aromatic amines is 1. The van der Waals surface area contributed by atoms with Gasteiger partial charge in [-0.15, -0.1) is 0 Å². The average molecular weight is 555 g/mol. The second kappa shape index (κ2) is 16.6. The maximum atomic E-state index is 13.0. The highest BCUT2D eigenvalue weighted by atomic mass is 32.2. The van der Waals surface area contributed by atoms with Crippen LogP contribution in [0.3, 0.4) is 0 Å². The number of hydrogen-bond acceptors (Lipinski definition) is 3. The highest BCUT2D eigenvalue weighted by Crippen LogP contribution is 2.32. The zero-order chi connectivity index (χ0) is 27.8. The molecule has 2 N–H and O–H groups in total. The highest BCUT2D eigenvalue weighted by molar-refractivity contribution is 7.99. The van der Waals surface area contributed by atoms with Crippen LogP contribution >= 0.6 is 11.8 Å². The highest BCUT2D eigenvalue weighted by Gasteiger charge is 2.15. The van der Waals surface area contributed by atoms with Crippen LogP contribution in [0.15, 0.2) is 96.2 Å². The van der Waals surface area contributed by atoms with E-state index in [0.29, 0.717) is 0 Å². The molecular formula is C34H42N4OS. The van der Waals surface area contributed by atoms with E-state index in [1.54, 1.807) is 11.8 Å². The number of carbonyl (C=O) groups excluding carboxylic acids is 1. The Labute approximate surface area is 243 Å². The molecule has 0 aliphatic carbocycles. The summed E-state index contributed by atoms with van der Waals surface area (Å²) >= 11 is 1.77. The maximum Gasteiger partial charge on any atom is 0.321 e. The Kier molecular flexibility index (Phi) is 12.2. The van der Waals surface area contributed by atoms with Gasteiger partial charge in [0, 0.05) is 35.7 Å². The summed E-state index contributed by atoms with van der Waals surface area (Å²) in [4.78, 5) is 23.5. The van der Waals surface area contributed by atoms with Gasteiger partial charge in [-0.2, -0.15) is 0 Å². The largest absolute Gasteiger partial charge is 0.332 e. The Morgan fingerprint density at radius 1 is 0.750 bits per heavy atom. The van der Waals surface area contributed by atoms with Crippen molar-refractivity contribution in [3.05, 3.63) is 91.0 Å². The number of carbonyl (C=O) groups is 1. The molecule has 3 aromatic carbocycles. The van der Waals surface area contributed by atoms with E-state index in [2.05, 4.69) is 65.8 Å². The van der Waals surface area contributed by atoms with E-state index >= 15 is 0 Å². The molecule has 0 saturated carbocycles. The second-order valence-electron chi connectivity index (χ2n) is 10.1. The first kappa shape index (κ1) is 29.5. The minimum atomic E-state index is 0.00790. The molecule has 0 spiro atoms. The molecular weight excluding hydrogens is 512 g/mol. The van der Waals surface area contributed by atoms with Crippen molar-refractivity contribution < 1.29 is 4.79 Å². The number of anilines is 1. The third kappa shape index (κ3) is 9.30. The van der Waals surface area contributed by atoms with Crippen LogP contribution in [0.5, 0.6) is 0 Å². The normalized spacial score (nSPS) is 10.9. The molecule has 1 aromatic heterocycles. The Bertz CT molecular complexity index is 1200. The maximum absolute atomic E-state index is 13.0. The van der Waals surface area contributed by atoms with Gasteiger partial charge in [0.1, 0.15) is 0 Å². The van der Waals surface area contributed by atoms with Gasteiger partial charge in [-0.05, 0) is 31.4 Å². The lowest BCUT2D eigenvalue weighted by Gasteiger charge is -2.23. The van der Waals surface area contributed by atoms with Gasteiger partial charge in [0.2, 0.25) is 0 Å². The number of aromatic nitrogens is 2. The van der Waals surface area contributed by atoms with E-state index in [0.717, 1.165) is 77.9 Å². The van der Waals surface area contributed by atoms with Crippen LogP contribution in [-0.4, -0.2) is 39.7 Å². The van der Waals surface area contributed by atoms with E-state index in [1.165, 1.54) is 25.7 Å². The van der Waals surface area contributed by atoms with E-state index in [1.807, 2.05) is 47.4 Å². The van der Waals surface area contributed by atoms with Gasteiger partial charge in [0.15, 0.2) is 5.16 Å². The van der Waals surface area contributed by atoms with Gasteiger partial charge in [-0.1, -0.05) is 130 Å². The SMILES string of the molecule is CCCCCCCN(CCCCCSc1nc(-c2ccccc2)c(-c2ccccc2)[nH]1)C(=O)Nc1ccccc1. The first-order chi connectivity index (χ1) is 19.7. The molecule has 0 aliphatic rings. The molecule has 0 aliphatic heterocycles. The van der Waals surface area contributed by atoms with Crippen molar-refractivity contribution in [2.24, 2.45) is 0 Å². The third-order valence-corrected chi connectivity index (χ3v) is 7.91. The van der Waals surface area contributed by atoms with Crippen molar-refractivity contribution in [2.75, 3.05) is 24.2 Å². The molecule has 40 heavy (non-hydrogen) atoms. The molecule has 0 bridgehead atoms. The Morgan fingerprint density at radius 3 is 1.98 bits per heavy atom. The van der Waals surface area contributed by atoms with Crippen LogP contribution in [0, 0.1) is 0 Å². The number of hydrogen-bond donors (Lipinski definition) is 2. The number of urea groups is 1. The number of thioether (sulfide) groups is 1. The summed E-state index contributed by atoms with van der Waals surface area (Å²) in [7, 11) is 0. The number of nitrogens with one attached hydrogen (secondary N) is 2. The van der Waals surface area contributed by atoms with Gasteiger partial charge in [-0.3, -0.25) is 0 Å². The zero-order valence-electron chi connectivity index (χ0n) is 23.6. The van der Waals surface area contributed by atoms with Gasteiger partial charge >= 0.3 is 6.03 Å². The Morgan fingerprint density at radius 2 is 1.32 bits per heavy atom. The lowest BCUT2D eigenvalue weighted by atomic mass is 10.1. The molecule has 0 atom stereocenters. The van der Waals surface area contributed by atoms with E-state index in [9.17, 15) is 4.79 Å². The van der Waals surface area contributed by atoms with E-state index in [-0.39, 0.29) is 6.03 Å². The van der Waals surface area contributed by atoms with Crippen LogP contribution in [-0.2, 0) is 0 Å². The first-order valence-corrected chi connectivity index (χ1v) is 15.7. The summed E-state index contributed by atoms with van der Waals surface area (Å²) in [6.45, 7) is 3.83. The van der Waals surface area contributed by atoms with Crippen LogP contribution in [0.1, 0.15) is 58.3 Å². The Hall–Kier alpha value is -3.51. The summed E-state index contributed by atoms with van der Waals surface area (Å²) in [5.41, 5.74) is 5.17. The predicted octanol–water partition coefficient (Wildman–Crippen LogP) is 9.51. The molecule has 4 rings (SSSR count). The lowest BCUT2D eigenvalue weighted by molar-refractivity contribution is 0.209. The molecule has 1 heterocycles. The number of para-hydroxylation sites is 1. The molecule has 0 unspecified atom stereocenters. The quantitative estimate of drug-likeness (QED) is 0.107. The monoisotopic (exact) mass is 554 g/mol. The van der Waals surface area contributed by atoms with Crippen molar-refractivity contribution in [3.8, 4) is 22.5 Å². The fraction of sp³-hybridized carbons (Fsp3) is 0.353. The summed E-state index contributed by atoms with van der Waals surface area (Å²) < 4.78 is 0. The molecule has 0 saturated heterocycles. The van der Waals surface area contributed by atoms with E-state index in [4.69, 9.17) is 4.98 Å². The first-order valence-electron chi connectivity index (χ1n) is 14.7. The van der Waals surface area contributed by atoms with Crippen molar-refractivity contribution in [1.82, 2.24) is 14.9 Å². The Balaban J connectivity index is 1.27. The number of imidazole rings is 1. The van der Waals surface area contributed by atoms with Crippen molar-refractivity contribution in [3.63, 3.8) is 0 Å². The number of unbranched alkanes of at least 4 members (excludes halogenated alkanes) is 6. The minimum absolute atomic E-state index is 0.00790. The number of benzene rings is 3. The minimum Gasteiger partial charge on any atom is -0.332 e. The fourth-order valence-electron chi connectivity index (χ4n) is 4.73. The molecule has 6 heteroatoms. The summed E-state index contributed by atoms with van der Waals surface area (Å²) in [6.07, 6.45) is 9.14. The van der Waals surface area contributed by atoms with Crippen LogP contribution in [0.25, 0.3) is 22.5 Å². The van der Waals surface area contributed by atoms with Crippen molar-refractivity contribution >= 4 is 23.5 Å². The van der Waals surface area contributed by atoms with Gasteiger partial charge < -0.3 is 15.2 Å². The summed E-state index contributed by atoms with van der Waals surface area (Å²) in [6, 6.07) is 30.5. The fourth-order valence-corrected chi connectivity index (χ4v) is 5.61. The van der Waals surface area contributed by atoms with Gasteiger partial charge in [-0.25, -0.2) is 9.78 Å². The second-order valence-corrected chi connectivity index (χ2v) is 11.2. The summed E-state index contributed by atoms with van der Waals surface area (Å²) in [5.74, 6) is 0.989. The molecule has 0 radical (unpaired) electrons. The standard InChI is InChI=1S/C34H42N4OS/c1-2-3-4-5-16-25-38(34(39)35-30-23-14-8-15-24-30)26-17-9-18-27-40-33-36-31(28-19-10-6-11-20-28)32(37-33)29-21-12-7-13-22-29/h6-8,10-15,19-24H,2-5,9,16-18,25-27H2,1H3,(H,35,39)(H,36,37). The van der Waals surface area contributed by atoms with Crippen LogP contribution < -0.4 is 5.32 Å². The number of nitrogens with zero attached hydrogens (tertiary/aromatic N) is 2. The molecule has 2 amide bonds.